The van der Waals surface area contributed by atoms with Crippen molar-refractivity contribution < 1.29 is 4.79 Å². The van der Waals surface area contributed by atoms with Crippen molar-refractivity contribution in [2.75, 3.05) is 25.5 Å². The number of alkyl halides is 1. The van der Waals surface area contributed by atoms with Crippen LogP contribution in [-0.2, 0) is 4.79 Å². The number of amides is 1. The Kier molecular flexibility index (Phi) is 6.03. The lowest BCUT2D eigenvalue weighted by Crippen LogP contribution is -2.40. The Hall–Kier alpha value is -0.280. The molecule has 0 aromatic heterocycles. The molecular weight excluding hydrogens is 212 g/mol. The number of hydrogen-bond acceptors (Lipinski definition) is 2. The van der Waals surface area contributed by atoms with Crippen LogP contribution in [0.2, 0.25) is 0 Å². The lowest BCUT2D eigenvalue weighted by Gasteiger charge is -2.23. The number of carbonyl (C=O) groups is 1. The van der Waals surface area contributed by atoms with Crippen molar-refractivity contribution in [3.05, 3.63) is 0 Å². The third-order valence-corrected chi connectivity index (χ3v) is 3.16. The summed E-state index contributed by atoms with van der Waals surface area (Å²) in [6.07, 6.45) is 3.91. The molecule has 1 aliphatic heterocycles. The Morgan fingerprint density at radius 3 is 2.73 bits per heavy atom. The van der Waals surface area contributed by atoms with Gasteiger partial charge < -0.3 is 5.32 Å². The third-order valence-electron chi connectivity index (χ3n) is 2.90. The van der Waals surface area contributed by atoms with Gasteiger partial charge in [0.2, 0.25) is 5.91 Å². The molecule has 1 fully saturated rings. The SMILES string of the molecule is CC(CNC(=O)CCCCl)N1CCCC1. The Balaban J connectivity index is 2.09. The van der Waals surface area contributed by atoms with Crippen molar-refractivity contribution in [1.82, 2.24) is 10.2 Å². The molecule has 0 bridgehead atoms. The van der Waals surface area contributed by atoms with Crippen LogP contribution < -0.4 is 5.32 Å². The number of nitrogens with one attached hydrogen (secondary N) is 1. The van der Waals surface area contributed by atoms with Crippen molar-refractivity contribution in [2.24, 2.45) is 0 Å². The van der Waals surface area contributed by atoms with Crippen LogP contribution in [0.1, 0.15) is 32.6 Å². The van der Waals surface area contributed by atoms with Crippen LogP contribution in [0.4, 0.5) is 0 Å². The van der Waals surface area contributed by atoms with Crippen LogP contribution in [0.15, 0.2) is 0 Å². The van der Waals surface area contributed by atoms with Crippen LogP contribution in [0.5, 0.6) is 0 Å². The first kappa shape index (κ1) is 12.8. The standard InChI is InChI=1S/C11H21ClN2O/c1-10(14-7-2-3-8-14)9-13-11(15)5-4-6-12/h10H,2-9H2,1H3,(H,13,15). The van der Waals surface area contributed by atoms with Gasteiger partial charge in [-0.2, -0.15) is 0 Å². The summed E-state index contributed by atoms with van der Waals surface area (Å²) in [5.41, 5.74) is 0. The van der Waals surface area contributed by atoms with Gasteiger partial charge in [0.1, 0.15) is 0 Å². The van der Waals surface area contributed by atoms with Crippen molar-refractivity contribution >= 4 is 17.5 Å². The highest BCUT2D eigenvalue weighted by atomic mass is 35.5. The van der Waals surface area contributed by atoms with E-state index in [1.165, 1.54) is 25.9 Å². The van der Waals surface area contributed by atoms with E-state index in [9.17, 15) is 4.79 Å². The average molecular weight is 233 g/mol. The molecule has 1 atom stereocenters. The van der Waals surface area contributed by atoms with Crippen LogP contribution >= 0.6 is 11.6 Å². The molecule has 0 saturated carbocycles. The van der Waals surface area contributed by atoms with Gasteiger partial charge >= 0.3 is 0 Å². The normalized spacial score (nSPS) is 19.1. The van der Waals surface area contributed by atoms with Crippen LogP contribution in [-0.4, -0.2) is 42.4 Å². The zero-order valence-corrected chi connectivity index (χ0v) is 10.2. The summed E-state index contributed by atoms with van der Waals surface area (Å²) in [6, 6.07) is 0.465. The van der Waals surface area contributed by atoms with E-state index in [0.29, 0.717) is 18.3 Å². The smallest absolute Gasteiger partial charge is 0.220 e. The summed E-state index contributed by atoms with van der Waals surface area (Å²) in [7, 11) is 0. The lowest BCUT2D eigenvalue weighted by molar-refractivity contribution is -0.121. The molecule has 1 N–H and O–H groups in total. The number of rotatable bonds is 6. The number of likely N-dealkylation sites (tertiary alicyclic amines) is 1. The topological polar surface area (TPSA) is 32.3 Å². The van der Waals surface area contributed by atoms with E-state index in [1.54, 1.807) is 0 Å². The molecule has 1 aliphatic rings. The van der Waals surface area contributed by atoms with E-state index in [4.69, 9.17) is 11.6 Å². The Labute approximate surface area is 97.2 Å². The quantitative estimate of drug-likeness (QED) is 0.706. The highest BCUT2D eigenvalue weighted by Crippen LogP contribution is 2.10. The van der Waals surface area contributed by atoms with Crippen LogP contribution in [0.3, 0.4) is 0 Å². The molecule has 0 spiro atoms. The fourth-order valence-electron chi connectivity index (χ4n) is 1.89. The molecule has 1 unspecified atom stereocenters. The summed E-state index contributed by atoms with van der Waals surface area (Å²) in [5, 5.41) is 2.95. The summed E-state index contributed by atoms with van der Waals surface area (Å²) >= 11 is 5.52. The van der Waals surface area contributed by atoms with Gasteiger partial charge in [-0.1, -0.05) is 0 Å². The highest BCUT2D eigenvalue weighted by Gasteiger charge is 2.17. The van der Waals surface area contributed by atoms with Crippen molar-refractivity contribution in [1.29, 1.82) is 0 Å². The minimum Gasteiger partial charge on any atom is -0.355 e. The fraction of sp³-hybridized carbons (Fsp3) is 0.909. The fourth-order valence-corrected chi connectivity index (χ4v) is 2.02. The van der Waals surface area contributed by atoms with E-state index in [0.717, 1.165) is 13.0 Å². The second-order valence-corrected chi connectivity index (χ2v) is 4.57. The summed E-state index contributed by atoms with van der Waals surface area (Å²) in [4.78, 5) is 13.8. The largest absolute Gasteiger partial charge is 0.355 e. The zero-order valence-electron chi connectivity index (χ0n) is 9.47. The van der Waals surface area contributed by atoms with E-state index in [1.807, 2.05) is 0 Å². The third kappa shape index (κ3) is 4.85. The first-order chi connectivity index (χ1) is 7.24. The van der Waals surface area contributed by atoms with E-state index < -0.39 is 0 Å². The highest BCUT2D eigenvalue weighted by molar-refractivity contribution is 6.17. The van der Waals surface area contributed by atoms with Gasteiger partial charge in [-0.3, -0.25) is 9.69 Å². The number of nitrogens with zero attached hydrogens (tertiary/aromatic N) is 1. The monoisotopic (exact) mass is 232 g/mol. The molecule has 88 valence electrons. The minimum absolute atomic E-state index is 0.127. The van der Waals surface area contributed by atoms with E-state index in [-0.39, 0.29) is 5.91 Å². The predicted molar refractivity (Wildman–Crippen MR) is 63.2 cm³/mol. The first-order valence-electron chi connectivity index (χ1n) is 5.80. The number of hydrogen-bond donors (Lipinski definition) is 1. The summed E-state index contributed by atoms with van der Waals surface area (Å²) in [6.45, 7) is 5.30. The molecule has 0 radical (unpaired) electrons. The van der Waals surface area contributed by atoms with Gasteiger partial charge in [0.25, 0.3) is 0 Å². The van der Waals surface area contributed by atoms with E-state index in [2.05, 4.69) is 17.1 Å². The van der Waals surface area contributed by atoms with Gasteiger partial charge in [-0.25, -0.2) is 0 Å². The van der Waals surface area contributed by atoms with Crippen molar-refractivity contribution in [3.63, 3.8) is 0 Å². The van der Waals surface area contributed by atoms with Gasteiger partial charge in [-0.15, -0.1) is 11.6 Å². The Bertz CT molecular complexity index is 193. The first-order valence-corrected chi connectivity index (χ1v) is 6.34. The lowest BCUT2D eigenvalue weighted by atomic mass is 10.2. The molecule has 1 saturated heterocycles. The van der Waals surface area contributed by atoms with Gasteiger partial charge in [-0.05, 0) is 39.3 Å². The zero-order chi connectivity index (χ0) is 11.1. The molecule has 0 aromatic rings. The maximum Gasteiger partial charge on any atom is 0.220 e. The summed E-state index contributed by atoms with van der Waals surface area (Å²) in [5.74, 6) is 0.691. The second-order valence-electron chi connectivity index (χ2n) is 4.19. The molecule has 1 amide bonds. The minimum atomic E-state index is 0.127. The molecule has 1 rings (SSSR count). The molecule has 15 heavy (non-hydrogen) atoms. The predicted octanol–water partition coefficient (Wildman–Crippen LogP) is 1.61. The van der Waals surface area contributed by atoms with Gasteiger partial charge in [0.15, 0.2) is 0 Å². The van der Waals surface area contributed by atoms with Crippen LogP contribution in [0.25, 0.3) is 0 Å². The number of carbonyl (C=O) groups excluding carboxylic acids is 1. The van der Waals surface area contributed by atoms with Crippen LogP contribution in [0, 0.1) is 0 Å². The molecular formula is C11H21ClN2O. The molecule has 4 heteroatoms. The van der Waals surface area contributed by atoms with Crippen molar-refractivity contribution in [2.45, 2.75) is 38.6 Å². The Morgan fingerprint density at radius 1 is 1.47 bits per heavy atom. The van der Waals surface area contributed by atoms with E-state index >= 15 is 0 Å². The van der Waals surface area contributed by atoms with Gasteiger partial charge in [0.05, 0.1) is 0 Å². The van der Waals surface area contributed by atoms with Crippen molar-refractivity contribution in [3.8, 4) is 0 Å². The summed E-state index contributed by atoms with van der Waals surface area (Å²) < 4.78 is 0. The Morgan fingerprint density at radius 2 is 2.13 bits per heavy atom. The van der Waals surface area contributed by atoms with Gasteiger partial charge in [0, 0.05) is 24.9 Å². The number of halogens is 1. The maximum absolute atomic E-state index is 11.3. The molecule has 0 aromatic carbocycles. The molecule has 1 heterocycles. The maximum atomic E-state index is 11.3. The second kappa shape index (κ2) is 7.07. The molecule has 3 nitrogen and oxygen atoms in total. The molecule has 0 aliphatic carbocycles. The average Bonchev–Trinajstić information content (AvgIpc) is 2.76.